The fraction of sp³-hybridized carbons (Fsp3) is 0.650. The Balaban J connectivity index is 0.00000484. The Bertz CT molecular complexity index is 496. The van der Waals surface area contributed by atoms with Crippen molar-refractivity contribution in [1.82, 2.24) is 0 Å². The van der Waals surface area contributed by atoms with Crippen LogP contribution < -0.4 is 0 Å². The number of hydrogen-bond acceptors (Lipinski definition) is 3. The van der Waals surface area contributed by atoms with E-state index in [9.17, 15) is 9.90 Å². The Labute approximate surface area is 142 Å². The molecule has 1 N–H and O–H groups in total. The van der Waals surface area contributed by atoms with Crippen LogP contribution in [0, 0.1) is 0 Å². The zero-order valence-corrected chi connectivity index (χ0v) is 15.0. The number of benzene rings is 1. The Kier molecular flexibility index (Phi) is 7.33. The van der Waals surface area contributed by atoms with Crippen LogP contribution in [0.2, 0.25) is 0 Å². The van der Waals surface area contributed by atoms with Gasteiger partial charge in [-0.2, -0.15) is 0 Å². The fourth-order valence-electron chi connectivity index (χ4n) is 2.46. The molecule has 3 nitrogen and oxygen atoms in total. The van der Waals surface area contributed by atoms with Gasteiger partial charge >= 0.3 is 5.97 Å². The highest BCUT2D eigenvalue weighted by atomic mass is 16.5. The summed E-state index contributed by atoms with van der Waals surface area (Å²) in [7, 11) is 0. The molecule has 1 aromatic carbocycles. The maximum absolute atomic E-state index is 11.6. The van der Waals surface area contributed by atoms with Crippen molar-refractivity contribution in [3.05, 3.63) is 28.8 Å². The minimum Gasteiger partial charge on any atom is -0.507 e. The van der Waals surface area contributed by atoms with E-state index < -0.39 is 0 Å². The second kappa shape index (κ2) is 7.85. The van der Waals surface area contributed by atoms with Crippen LogP contribution in [-0.4, -0.2) is 17.7 Å². The summed E-state index contributed by atoms with van der Waals surface area (Å²) in [5.41, 5.74) is 2.63. The van der Waals surface area contributed by atoms with E-state index >= 15 is 0 Å². The van der Waals surface area contributed by atoms with Crippen LogP contribution >= 0.6 is 0 Å². The van der Waals surface area contributed by atoms with Crippen LogP contribution in [0.25, 0.3) is 0 Å². The summed E-state index contributed by atoms with van der Waals surface area (Å²) in [4.78, 5) is 11.6. The second-order valence-corrected chi connectivity index (χ2v) is 7.84. The molecule has 0 aromatic heterocycles. The molecule has 0 atom stereocenters. The summed E-state index contributed by atoms with van der Waals surface area (Å²) < 4.78 is 4.99. The van der Waals surface area contributed by atoms with Gasteiger partial charge in [-0.3, -0.25) is 4.79 Å². The number of rotatable bonds is 4. The van der Waals surface area contributed by atoms with E-state index in [0.29, 0.717) is 25.2 Å². The molecule has 23 heavy (non-hydrogen) atoms. The van der Waals surface area contributed by atoms with Crippen molar-refractivity contribution in [2.24, 2.45) is 0 Å². The molecule has 0 unspecified atom stereocenters. The Hall–Kier alpha value is -1.51. The first-order chi connectivity index (χ1) is 9.96. The third-order valence-corrected chi connectivity index (χ3v) is 3.71. The SMILES string of the molecule is C.CCOC(=O)CCc1cc(C(C)(C)C)c(O)c(C(C)(C)C)c1. The molecule has 0 radical (unpaired) electrons. The van der Waals surface area contributed by atoms with E-state index in [1.165, 1.54) is 0 Å². The van der Waals surface area contributed by atoms with Gasteiger partial charge in [0.2, 0.25) is 0 Å². The first kappa shape index (κ1) is 21.5. The van der Waals surface area contributed by atoms with Crippen molar-refractivity contribution in [1.29, 1.82) is 0 Å². The Morgan fingerprint density at radius 2 is 1.48 bits per heavy atom. The Morgan fingerprint density at radius 1 is 1.04 bits per heavy atom. The zero-order valence-electron chi connectivity index (χ0n) is 15.0. The third kappa shape index (κ3) is 5.89. The van der Waals surface area contributed by atoms with E-state index in [-0.39, 0.29) is 24.2 Å². The molecular formula is C20H34O3. The molecule has 0 bridgehead atoms. The first-order valence-electron chi connectivity index (χ1n) is 7.99. The number of aryl methyl sites for hydroxylation is 1. The van der Waals surface area contributed by atoms with Crippen molar-refractivity contribution in [2.75, 3.05) is 6.61 Å². The highest BCUT2D eigenvalue weighted by Gasteiger charge is 2.26. The molecule has 0 heterocycles. The topological polar surface area (TPSA) is 46.5 Å². The lowest BCUT2D eigenvalue weighted by molar-refractivity contribution is -0.143. The highest BCUT2D eigenvalue weighted by Crippen LogP contribution is 2.39. The van der Waals surface area contributed by atoms with Gasteiger partial charge in [0.15, 0.2) is 0 Å². The predicted molar refractivity (Wildman–Crippen MR) is 97.2 cm³/mol. The molecule has 0 spiro atoms. The largest absolute Gasteiger partial charge is 0.507 e. The first-order valence-corrected chi connectivity index (χ1v) is 7.99. The molecule has 0 fully saturated rings. The van der Waals surface area contributed by atoms with E-state index in [1.54, 1.807) is 0 Å². The van der Waals surface area contributed by atoms with Crippen LogP contribution in [0.3, 0.4) is 0 Å². The number of hydrogen-bond donors (Lipinski definition) is 1. The molecule has 0 aliphatic rings. The summed E-state index contributed by atoms with van der Waals surface area (Å²) in [6.45, 7) is 14.7. The molecule has 0 amide bonds. The van der Waals surface area contributed by atoms with Crippen LogP contribution in [0.1, 0.15) is 79.0 Å². The standard InChI is InChI=1S/C19H30O3.CH4/c1-8-22-16(20)10-9-13-11-14(18(2,3)4)17(21)15(12-13)19(5,6)7;/h11-12,21H,8-10H2,1-7H3;1H4. The molecule has 0 saturated carbocycles. The van der Waals surface area contributed by atoms with Crippen molar-refractivity contribution in [2.45, 2.75) is 79.6 Å². The predicted octanol–water partition coefficient (Wildman–Crippen LogP) is 5.12. The van der Waals surface area contributed by atoms with Gasteiger partial charge in [0, 0.05) is 6.42 Å². The molecular weight excluding hydrogens is 288 g/mol. The summed E-state index contributed by atoms with van der Waals surface area (Å²) in [5, 5.41) is 10.7. The highest BCUT2D eigenvalue weighted by molar-refractivity contribution is 5.69. The number of phenolic OH excluding ortho intramolecular Hbond substituents is 1. The Morgan fingerprint density at radius 3 is 1.83 bits per heavy atom. The molecule has 1 rings (SSSR count). The van der Waals surface area contributed by atoms with Crippen molar-refractivity contribution in [3.8, 4) is 5.75 Å². The molecule has 0 aliphatic heterocycles. The number of phenols is 1. The maximum atomic E-state index is 11.6. The van der Waals surface area contributed by atoms with Gasteiger partial charge in [-0.25, -0.2) is 0 Å². The van der Waals surface area contributed by atoms with Crippen LogP contribution in [0.15, 0.2) is 12.1 Å². The second-order valence-electron chi connectivity index (χ2n) is 7.84. The number of carbonyl (C=O) groups excluding carboxylic acids is 1. The molecule has 132 valence electrons. The molecule has 0 saturated heterocycles. The van der Waals surface area contributed by atoms with E-state index in [4.69, 9.17) is 4.74 Å². The van der Waals surface area contributed by atoms with Gasteiger partial charge in [0.25, 0.3) is 0 Å². The van der Waals surface area contributed by atoms with Gasteiger partial charge in [0.05, 0.1) is 6.61 Å². The maximum Gasteiger partial charge on any atom is 0.306 e. The van der Waals surface area contributed by atoms with E-state index in [2.05, 4.69) is 41.5 Å². The van der Waals surface area contributed by atoms with Crippen LogP contribution in [0.4, 0.5) is 0 Å². The third-order valence-electron chi connectivity index (χ3n) is 3.71. The summed E-state index contributed by atoms with van der Waals surface area (Å²) in [6, 6.07) is 4.04. The lowest BCUT2D eigenvalue weighted by Gasteiger charge is -2.28. The molecule has 3 heteroatoms. The van der Waals surface area contributed by atoms with Crippen LogP contribution in [0.5, 0.6) is 5.75 Å². The average molecular weight is 322 g/mol. The summed E-state index contributed by atoms with van der Waals surface area (Å²) in [6.07, 6.45) is 0.997. The van der Waals surface area contributed by atoms with Crippen LogP contribution in [-0.2, 0) is 26.8 Å². The number of aromatic hydroxyl groups is 1. The van der Waals surface area contributed by atoms with Crippen molar-refractivity contribution in [3.63, 3.8) is 0 Å². The molecule has 1 aromatic rings. The fourth-order valence-corrected chi connectivity index (χ4v) is 2.46. The lowest BCUT2D eigenvalue weighted by atomic mass is 9.78. The summed E-state index contributed by atoms with van der Waals surface area (Å²) in [5.74, 6) is 0.199. The van der Waals surface area contributed by atoms with E-state index in [1.807, 2.05) is 19.1 Å². The van der Waals surface area contributed by atoms with E-state index in [0.717, 1.165) is 16.7 Å². The van der Waals surface area contributed by atoms with Gasteiger partial charge in [-0.1, -0.05) is 61.1 Å². The number of esters is 1. The lowest BCUT2D eigenvalue weighted by Crippen LogP contribution is -2.18. The minimum absolute atomic E-state index is 0. The van der Waals surface area contributed by atoms with Crippen molar-refractivity contribution >= 4 is 5.97 Å². The van der Waals surface area contributed by atoms with Gasteiger partial charge in [0.1, 0.15) is 5.75 Å². The van der Waals surface area contributed by atoms with Gasteiger partial charge in [-0.05, 0) is 40.9 Å². The van der Waals surface area contributed by atoms with Gasteiger partial charge in [-0.15, -0.1) is 0 Å². The zero-order chi connectivity index (χ0) is 17.1. The monoisotopic (exact) mass is 322 g/mol. The van der Waals surface area contributed by atoms with Gasteiger partial charge < -0.3 is 9.84 Å². The summed E-state index contributed by atoms with van der Waals surface area (Å²) >= 11 is 0. The van der Waals surface area contributed by atoms with Crippen molar-refractivity contribution < 1.29 is 14.6 Å². The number of ether oxygens (including phenoxy) is 1. The number of carbonyl (C=O) groups is 1. The minimum atomic E-state index is -0.176. The molecule has 0 aliphatic carbocycles. The smallest absolute Gasteiger partial charge is 0.306 e. The quantitative estimate of drug-likeness (QED) is 0.783. The normalized spacial score (nSPS) is 11.8. The average Bonchev–Trinajstić information content (AvgIpc) is 2.35.